The van der Waals surface area contributed by atoms with E-state index in [0.29, 0.717) is 11.5 Å². The average Bonchev–Trinajstić information content (AvgIpc) is 2.30. The number of nitrogens with two attached hydrogens (primary N) is 1. The van der Waals surface area contributed by atoms with Crippen molar-refractivity contribution >= 4 is 0 Å². The van der Waals surface area contributed by atoms with Crippen LogP contribution in [0.3, 0.4) is 0 Å². The molecule has 19 heavy (non-hydrogen) atoms. The first kappa shape index (κ1) is 13.9. The number of rotatable bonds is 4. The van der Waals surface area contributed by atoms with Crippen LogP contribution < -0.4 is 11.3 Å². The summed E-state index contributed by atoms with van der Waals surface area (Å²) in [4.78, 5) is 0. The molecule has 4 aliphatic carbocycles. The lowest BCUT2D eigenvalue weighted by atomic mass is 9.50. The van der Waals surface area contributed by atoms with Gasteiger partial charge in [-0.05, 0) is 80.0 Å². The molecule has 0 aromatic heterocycles. The third kappa shape index (κ3) is 2.85. The highest BCUT2D eigenvalue weighted by molar-refractivity contribution is 5.01. The average molecular weight is 264 g/mol. The Morgan fingerprint density at radius 2 is 1.53 bits per heavy atom. The van der Waals surface area contributed by atoms with Crippen molar-refractivity contribution in [2.45, 2.75) is 71.8 Å². The second-order valence-corrected chi connectivity index (χ2v) is 8.88. The summed E-state index contributed by atoms with van der Waals surface area (Å²) in [5.74, 6) is 10.9. The molecule has 4 aliphatic rings. The van der Waals surface area contributed by atoms with Crippen molar-refractivity contribution in [2.75, 3.05) is 0 Å². The Balaban J connectivity index is 1.66. The topological polar surface area (TPSA) is 38.0 Å². The fraction of sp³-hybridized carbons (Fsp3) is 1.00. The first-order valence-corrected chi connectivity index (χ1v) is 8.42. The zero-order chi connectivity index (χ0) is 13.6. The molecule has 0 amide bonds. The lowest BCUT2D eigenvalue weighted by Gasteiger charge is -2.56. The molecule has 110 valence electrons. The minimum atomic E-state index is 0.432. The van der Waals surface area contributed by atoms with Gasteiger partial charge in [0.1, 0.15) is 0 Å². The van der Waals surface area contributed by atoms with Gasteiger partial charge >= 0.3 is 0 Å². The number of hydrogen-bond acceptors (Lipinski definition) is 2. The standard InChI is InChI=1S/C17H32N2/c1-17(2,3)5-4-15(19-18)16-13-7-11-6-12(9-13)10-14(16)8-11/h11-16,19H,4-10,18H2,1-3H3. The van der Waals surface area contributed by atoms with Gasteiger partial charge in [-0.15, -0.1) is 0 Å². The van der Waals surface area contributed by atoms with Crippen molar-refractivity contribution in [3.63, 3.8) is 0 Å². The Kier molecular flexibility index (Phi) is 3.68. The molecule has 3 N–H and O–H groups in total. The minimum Gasteiger partial charge on any atom is -0.271 e. The van der Waals surface area contributed by atoms with Crippen molar-refractivity contribution in [2.24, 2.45) is 40.8 Å². The van der Waals surface area contributed by atoms with Crippen molar-refractivity contribution in [3.05, 3.63) is 0 Å². The molecule has 0 spiro atoms. The largest absolute Gasteiger partial charge is 0.271 e. The SMILES string of the molecule is CC(C)(C)CCC(NN)C1C2CC3CC(C2)CC1C3. The molecule has 0 aromatic rings. The van der Waals surface area contributed by atoms with Crippen molar-refractivity contribution in [1.29, 1.82) is 0 Å². The monoisotopic (exact) mass is 264 g/mol. The van der Waals surface area contributed by atoms with Crippen LogP contribution in [0.5, 0.6) is 0 Å². The maximum Gasteiger partial charge on any atom is 0.0244 e. The Labute approximate surface area is 118 Å². The van der Waals surface area contributed by atoms with Gasteiger partial charge in [-0.1, -0.05) is 20.8 Å². The molecule has 0 radical (unpaired) electrons. The smallest absolute Gasteiger partial charge is 0.0244 e. The summed E-state index contributed by atoms with van der Waals surface area (Å²) in [5, 5.41) is 0. The molecule has 0 saturated heterocycles. The van der Waals surface area contributed by atoms with Crippen molar-refractivity contribution in [1.82, 2.24) is 5.43 Å². The Hall–Kier alpha value is -0.0800. The van der Waals surface area contributed by atoms with Crippen LogP contribution in [-0.4, -0.2) is 6.04 Å². The van der Waals surface area contributed by atoms with E-state index in [-0.39, 0.29) is 0 Å². The highest BCUT2D eigenvalue weighted by Crippen LogP contribution is 2.57. The number of nitrogens with one attached hydrogen (secondary N) is 1. The van der Waals surface area contributed by atoms with E-state index in [1.165, 1.54) is 38.5 Å². The summed E-state index contributed by atoms with van der Waals surface area (Å²) < 4.78 is 0. The second-order valence-electron chi connectivity index (χ2n) is 8.88. The van der Waals surface area contributed by atoms with Crippen LogP contribution in [0.1, 0.15) is 65.7 Å². The van der Waals surface area contributed by atoms with Gasteiger partial charge in [0.25, 0.3) is 0 Å². The van der Waals surface area contributed by atoms with Gasteiger partial charge in [0.05, 0.1) is 0 Å². The molecule has 4 bridgehead atoms. The van der Waals surface area contributed by atoms with E-state index in [9.17, 15) is 0 Å². The van der Waals surface area contributed by atoms with Crippen molar-refractivity contribution in [3.8, 4) is 0 Å². The second kappa shape index (κ2) is 5.04. The van der Waals surface area contributed by atoms with E-state index in [0.717, 1.165) is 29.6 Å². The van der Waals surface area contributed by atoms with Crippen LogP contribution in [0.25, 0.3) is 0 Å². The summed E-state index contributed by atoms with van der Waals surface area (Å²) in [6.07, 6.45) is 10.1. The van der Waals surface area contributed by atoms with Crippen LogP contribution in [0.2, 0.25) is 0 Å². The minimum absolute atomic E-state index is 0.432. The molecular formula is C17H32N2. The third-order valence-electron chi connectivity index (χ3n) is 6.18. The van der Waals surface area contributed by atoms with Crippen LogP contribution in [0.4, 0.5) is 0 Å². The maximum absolute atomic E-state index is 5.93. The summed E-state index contributed by atoms with van der Waals surface area (Å²) in [7, 11) is 0. The summed E-state index contributed by atoms with van der Waals surface area (Å²) in [6, 6.07) is 0.564. The number of hydrazine groups is 1. The van der Waals surface area contributed by atoms with E-state index in [1.807, 2.05) is 0 Å². The fourth-order valence-electron chi connectivity index (χ4n) is 5.60. The lowest BCUT2D eigenvalue weighted by Crippen LogP contribution is -2.54. The first-order chi connectivity index (χ1) is 8.96. The van der Waals surface area contributed by atoms with E-state index in [2.05, 4.69) is 26.2 Å². The normalized spacial score (nSPS) is 42.6. The summed E-state index contributed by atoms with van der Waals surface area (Å²) >= 11 is 0. The molecular weight excluding hydrogens is 232 g/mol. The van der Waals surface area contributed by atoms with Gasteiger partial charge in [-0.2, -0.15) is 0 Å². The third-order valence-corrected chi connectivity index (χ3v) is 6.18. The molecule has 0 aliphatic heterocycles. The fourth-order valence-corrected chi connectivity index (χ4v) is 5.60. The van der Waals surface area contributed by atoms with Gasteiger partial charge in [0.2, 0.25) is 0 Å². The summed E-state index contributed by atoms with van der Waals surface area (Å²) in [6.45, 7) is 7.03. The molecule has 0 aromatic carbocycles. The van der Waals surface area contributed by atoms with E-state index in [4.69, 9.17) is 5.84 Å². The molecule has 2 nitrogen and oxygen atoms in total. The van der Waals surface area contributed by atoms with Crippen LogP contribution in [0.15, 0.2) is 0 Å². The first-order valence-electron chi connectivity index (χ1n) is 8.42. The van der Waals surface area contributed by atoms with Crippen LogP contribution in [-0.2, 0) is 0 Å². The molecule has 1 atom stereocenters. The quantitative estimate of drug-likeness (QED) is 0.600. The van der Waals surface area contributed by atoms with Gasteiger partial charge in [-0.25, -0.2) is 0 Å². The van der Waals surface area contributed by atoms with E-state index in [1.54, 1.807) is 6.42 Å². The van der Waals surface area contributed by atoms with E-state index < -0.39 is 0 Å². The van der Waals surface area contributed by atoms with Gasteiger partial charge < -0.3 is 0 Å². The van der Waals surface area contributed by atoms with Gasteiger partial charge in [-0.3, -0.25) is 11.3 Å². The molecule has 4 saturated carbocycles. The number of hydrogen-bond donors (Lipinski definition) is 2. The Morgan fingerprint density at radius 1 is 1.00 bits per heavy atom. The predicted octanol–water partition coefficient (Wildman–Crippen LogP) is 3.72. The molecule has 1 unspecified atom stereocenters. The van der Waals surface area contributed by atoms with Crippen molar-refractivity contribution < 1.29 is 0 Å². The zero-order valence-corrected chi connectivity index (χ0v) is 13.0. The van der Waals surface area contributed by atoms with Gasteiger partial charge in [0.15, 0.2) is 0 Å². The molecule has 0 heterocycles. The van der Waals surface area contributed by atoms with E-state index >= 15 is 0 Å². The Bertz CT molecular complexity index is 290. The maximum atomic E-state index is 5.93. The lowest BCUT2D eigenvalue weighted by molar-refractivity contribution is -0.0541. The molecule has 2 heteroatoms. The zero-order valence-electron chi connectivity index (χ0n) is 13.0. The Morgan fingerprint density at radius 3 is 1.95 bits per heavy atom. The van der Waals surface area contributed by atoms with Crippen LogP contribution in [0, 0.1) is 35.0 Å². The van der Waals surface area contributed by atoms with Gasteiger partial charge in [0, 0.05) is 6.04 Å². The predicted molar refractivity (Wildman–Crippen MR) is 80.3 cm³/mol. The highest BCUT2D eigenvalue weighted by Gasteiger charge is 2.50. The molecule has 4 rings (SSSR count). The highest BCUT2D eigenvalue weighted by atomic mass is 15.2. The summed E-state index contributed by atoms with van der Waals surface area (Å²) in [5.41, 5.74) is 3.63. The van der Waals surface area contributed by atoms with Crippen LogP contribution >= 0.6 is 0 Å². The molecule has 4 fully saturated rings.